The van der Waals surface area contributed by atoms with Gasteiger partial charge in [0.1, 0.15) is 6.10 Å². The van der Waals surface area contributed by atoms with Crippen molar-refractivity contribution >= 4 is 15.9 Å². The smallest absolute Gasteiger partial charge is 0.215 e. The van der Waals surface area contributed by atoms with Crippen LogP contribution in [-0.4, -0.2) is 33.7 Å². The van der Waals surface area contributed by atoms with Crippen LogP contribution in [0, 0.1) is 6.92 Å². The molecule has 0 aromatic carbocycles. The average Bonchev–Trinajstić information content (AvgIpc) is 2.26. The van der Waals surface area contributed by atoms with Crippen LogP contribution in [0.1, 0.15) is 17.2 Å². The van der Waals surface area contributed by atoms with Crippen molar-refractivity contribution in [1.29, 1.82) is 0 Å². The zero-order valence-electron chi connectivity index (χ0n) is 8.64. The number of aliphatic hydroxyl groups excluding tert-OH is 2. The van der Waals surface area contributed by atoms with Crippen LogP contribution in [-0.2, 0) is 0 Å². The molecule has 5 heteroatoms. The van der Waals surface area contributed by atoms with Gasteiger partial charge in [-0.05, 0) is 13.0 Å². The number of aliphatic hydroxyl groups is 2. The molecule has 2 atom stereocenters. The number of rotatable bonds is 4. The zero-order valence-corrected chi connectivity index (χ0v) is 10.2. The lowest BCUT2D eigenvalue weighted by molar-refractivity contribution is 0.0340. The molecule has 0 radical (unpaired) electrons. The molecule has 1 aromatic rings. The van der Waals surface area contributed by atoms with Gasteiger partial charge in [0, 0.05) is 22.7 Å². The predicted octanol–water partition coefficient (Wildman–Crippen LogP) is 1.19. The number of alkyl halides is 1. The lowest BCUT2D eigenvalue weighted by Crippen LogP contribution is -2.19. The predicted molar refractivity (Wildman–Crippen MR) is 60.3 cm³/mol. The third-order valence-corrected chi connectivity index (χ3v) is 2.77. The van der Waals surface area contributed by atoms with Gasteiger partial charge in [0.15, 0.2) is 0 Å². The van der Waals surface area contributed by atoms with Crippen LogP contribution in [0.25, 0.3) is 0 Å². The summed E-state index contributed by atoms with van der Waals surface area (Å²) in [6.45, 7) is 1.84. The molecule has 1 rings (SSSR count). The van der Waals surface area contributed by atoms with E-state index in [0.29, 0.717) is 16.8 Å². The molecule has 0 aliphatic rings. The topological polar surface area (TPSA) is 62.6 Å². The number of hydrogen-bond donors (Lipinski definition) is 2. The van der Waals surface area contributed by atoms with Crippen molar-refractivity contribution in [3.63, 3.8) is 0 Å². The maximum atomic E-state index is 9.72. The molecular weight excluding hydrogens is 262 g/mol. The molecule has 0 fully saturated rings. The van der Waals surface area contributed by atoms with Crippen LogP contribution in [0.2, 0.25) is 0 Å². The first-order chi connectivity index (χ1) is 7.10. The van der Waals surface area contributed by atoms with Gasteiger partial charge in [-0.25, -0.2) is 4.98 Å². The van der Waals surface area contributed by atoms with Gasteiger partial charge in [0.05, 0.1) is 13.2 Å². The minimum Gasteiger partial charge on any atom is -0.481 e. The Morgan fingerprint density at radius 3 is 2.67 bits per heavy atom. The van der Waals surface area contributed by atoms with Gasteiger partial charge >= 0.3 is 0 Å². The Hall–Kier alpha value is -0.650. The summed E-state index contributed by atoms with van der Waals surface area (Å²) in [4.78, 5) is 4.03. The largest absolute Gasteiger partial charge is 0.481 e. The van der Waals surface area contributed by atoms with Crippen LogP contribution < -0.4 is 4.74 Å². The van der Waals surface area contributed by atoms with Crippen LogP contribution >= 0.6 is 15.9 Å². The minimum atomic E-state index is -0.929. The fourth-order valence-corrected chi connectivity index (χ4v) is 1.62. The Morgan fingerprint density at radius 2 is 2.20 bits per heavy atom. The lowest BCUT2D eigenvalue weighted by Gasteiger charge is -2.16. The van der Waals surface area contributed by atoms with Gasteiger partial charge in [-0.15, -0.1) is 0 Å². The zero-order chi connectivity index (χ0) is 11.4. The van der Waals surface area contributed by atoms with E-state index < -0.39 is 12.2 Å². The number of methoxy groups -OCH3 is 1. The number of nitrogens with zero attached hydrogens (tertiary/aromatic N) is 1. The van der Waals surface area contributed by atoms with Gasteiger partial charge < -0.3 is 14.9 Å². The van der Waals surface area contributed by atoms with Crippen LogP contribution in [0.15, 0.2) is 12.3 Å². The van der Waals surface area contributed by atoms with Gasteiger partial charge in [0.2, 0.25) is 5.88 Å². The molecule has 0 aliphatic carbocycles. The molecular formula is C10H14BrNO3. The van der Waals surface area contributed by atoms with E-state index in [1.165, 1.54) is 6.20 Å². The van der Waals surface area contributed by atoms with E-state index >= 15 is 0 Å². The van der Waals surface area contributed by atoms with Crippen LogP contribution in [0.4, 0.5) is 0 Å². The molecule has 84 valence electrons. The van der Waals surface area contributed by atoms with E-state index in [1.807, 2.05) is 6.92 Å². The van der Waals surface area contributed by atoms with Crippen molar-refractivity contribution in [2.75, 3.05) is 12.4 Å². The number of halogens is 1. The quantitative estimate of drug-likeness (QED) is 0.811. The molecule has 2 unspecified atom stereocenters. The van der Waals surface area contributed by atoms with E-state index in [2.05, 4.69) is 20.9 Å². The first kappa shape index (κ1) is 12.4. The number of aryl methyl sites for hydroxylation is 1. The van der Waals surface area contributed by atoms with E-state index in [1.54, 1.807) is 13.2 Å². The molecule has 0 aliphatic heterocycles. The van der Waals surface area contributed by atoms with Crippen LogP contribution in [0.3, 0.4) is 0 Å². The molecule has 4 nitrogen and oxygen atoms in total. The molecule has 0 spiro atoms. The molecule has 1 aromatic heterocycles. The minimum absolute atomic E-state index is 0.319. The second-order valence-electron chi connectivity index (χ2n) is 3.26. The van der Waals surface area contributed by atoms with Crippen LogP contribution in [0.5, 0.6) is 5.88 Å². The molecule has 2 N–H and O–H groups in total. The highest BCUT2D eigenvalue weighted by Gasteiger charge is 2.18. The molecule has 15 heavy (non-hydrogen) atoms. The highest BCUT2D eigenvalue weighted by atomic mass is 79.9. The van der Waals surface area contributed by atoms with Gasteiger partial charge in [-0.2, -0.15) is 0 Å². The molecule has 1 heterocycles. The number of hydrogen-bond acceptors (Lipinski definition) is 4. The Morgan fingerprint density at radius 1 is 1.53 bits per heavy atom. The highest BCUT2D eigenvalue weighted by Crippen LogP contribution is 2.22. The lowest BCUT2D eigenvalue weighted by atomic mass is 10.1. The molecule has 0 saturated carbocycles. The Balaban J connectivity index is 2.92. The first-order valence-corrected chi connectivity index (χ1v) is 5.65. The fraction of sp³-hybridized carbons (Fsp3) is 0.500. The van der Waals surface area contributed by atoms with Gasteiger partial charge in [-0.3, -0.25) is 0 Å². The van der Waals surface area contributed by atoms with Crippen molar-refractivity contribution in [3.8, 4) is 5.88 Å². The normalized spacial score (nSPS) is 14.7. The maximum Gasteiger partial charge on any atom is 0.215 e. The maximum absolute atomic E-state index is 9.72. The third-order valence-electron chi connectivity index (χ3n) is 2.11. The van der Waals surface area contributed by atoms with E-state index in [4.69, 9.17) is 4.74 Å². The Kier molecular flexibility index (Phi) is 4.50. The second kappa shape index (κ2) is 5.44. The van der Waals surface area contributed by atoms with Crippen molar-refractivity contribution < 1.29 is 14.9 Å². The molecule has 0 saturated heterocycles. The number of aromatic nitrogens is 1. The molecule has 0 bridgehead atoms. The van der Waals surface area contributed by atoms with Crippen molar-refractivity contribution in [1.82, 2.24) is 4.98 Å². The van der Waals surface area contributed by atoms with Gasteiger partial charge in [-0.1, -0.05) is 15.9 Å². The van der Waals surface area contributed by atoms with E-state index in [0.717, 1.165) is 5.56 Å². The van der Waals surface area contributed by atoms with Crippen molar-refractivity contribution in [3.05, 3.63) is 23.4 Å². The fourth-order valence-electron chi connectivity index (χ4n) is 1.27. The summed E-state index contributed by atoms with van der Waals surface area (Å²) in [6, 6.07) is 1.75. The van der Waals surface area contributed by atoms with Gasteiger partial charge in [0.25, 0.3) is 0 Å². The Labute approximate surface area is 97.0 Å². The number of pyridine rings is 1. The summed E-state index contributed by atoms with van der Waals surface area (Å²) in [5.41, 5.74) is 1.41. The summed E-state index contributed by atoms with van der Waals surface area (Å²) in [5, 5.41) is 19.5. The molecule has 0 amide bonds. The summed E-state index contributed by atoms with van der Waals surface area (Å²) < 4.78 is 5.00. The third kappa shape index (κ3) is 2.90. The van der Waals surface area contributed by atoms with E-state index in [-0.39, 0.29) is 0 Å². The summed E-state index contributed by atoms with van der Waals surface area (Å²) in [5.74, 6) is 0.527. The van der Waals surface area contributed by atoms with Crippen molar-refractivity contribution in [2.45, 2.75) is 19.1 Å². The summed E-state index contributed by atoms with van der Waals surface area (Å²) >= 11 is 3.10. The second-order valence-corrected chi connectivity index (χ2v) is 3.91. The van der Waals surface area contributed by atoms with E-state index in [9.17, 15) is 10.2 Å². The number of ether oxygens (including phenoxy) is 1. The first-order valence-electron chi connectivity index (χ1n) is 4.52. The van der Waals surface area contributed by atoms with Crippen molar-refractivity contribution in [2.24, 2.45) is 0 Å². The SMILES string of the molecule is COc1ncc(C(O)C(O)CBr)cc1C. The average molecular weight is 276 g/mol. The monoisotopic (exact) mass is 275 g/mol. The standard InChI is InChI=1S/C10H14BrNO3/c1-6-3-7(5-12-10(6)15-2)9(14)8(13)4-11/h3,5,8-9,13-14H,4H2,1-2H3. The Bertz CT molecular complexity index is 332. The summed E-state index contributed by atoms with van der Waals surface area (Å²) in [7, 11) is 1.54. The summed E-state index contributed by atoms with van der Waals surface area (Å²) in [6.07, 6.45) is -0.261. The highest BCUT2D eigenvalue weighted by molar-refractivity contribution is 9.09.